The lowest BCUT2D eigenvalue weighted by atomic mass is 10.1. The Bertz CT molecular complexity index is 1170. The van der Waals surface area contributed by atoms with Crippen molar-refractivity contribution in [1.82, 2.24) is 9.38 Å². The van der Waals surface area contributed by atoms with Gasteiger partial charge in [0, 0.05) is 29.7 Å². The molecule has 2 aromatic heterocycles. The number of aryl methyl sites for hydroxylation is 1. The Morgan fingerprint density at radius 3 is 2.70 bits per heavy atom. The van der Waals surface area contributed by atoms with Crippen LogP contribution in [-0.2, 0) is 0 Å². The number of hydrogen-bond donors (Lipinski definition) is 1. The fourth-order valence-electron chi connectivity index (χ4n) is 2.87. The summed E-state index contributed by atoms with van der Waals surface area (Å²) in [6.07, 6.45) is 3.89. The Labute approximate surface area is 154 Å². The zero-order valence-corrected chi connectivity index (χ0v) is 14.4. The van der Waals surface area contributed by atoms with Gasteiger partial charge in [-0.05, 0) is 42.8 Å². The first-order valence-electron chi connectivity index (χ1n) is 8.32. The standard InChI is InChI=1S/C21H15F2N3O/c1-13-5-8-20-25-19(12-26(20)11-13)14-3-2-4-16(9-14)24-21(27)17-7-6-15(22)10-18(17)23/h2-12H,1H3,(H,24,27). The van der Waals surface area contributed by atoms with Crippen LogP contribution in [0.25, 0.3) is 16.9 Å². The number of hydrogen-bond acceptors (Lipinski definition) is 2. The van der Waals surface area contributed by atoms with E-state index in [4.69, 9.17) is 0 Å². The normalized spacial score (nSPS) is 10.9. The van der Waals surface area contributed by atoms with Gasteiger partial charge in [-0.3, -0.25) is 4.79 Å². The van der Waals surface area contributed by atoms with Crippen LogP contribution < -0.4 is 5.32 Å². The summed E-state index contributed by atoms with van der Waals surface area (Å²) in [6.45, 7) is 2.00. The number of pyridine rings is 1. The molecule has 0 bridgehead atoms. The minimum Gasteiger partial charge on any atom is -0.322 e. The highest BCUT2D eigenvalue weighted by Gasteiger charge is 2.13. The highest BCUT2D eigenvalue weighted by Crippen LogP contribution is 2.23. The zero-order valence-electron chi connectivity index (χ0n) is 14.4. The molecule has 1 N–H and O–H groups in total. The van der Waals surface area contributed by atoms with Crippen molar-refractivity contribution in [1.29, 1.82) is 0 Å². The second-order valence-electron chi connectivity index (χ2n) is 6.26. The van der Waals surface area contributed by atoms with E-state index in [2.05, 4.69) is 10.3 Å². The molecule has 2 heterocycles. The van der Waals surface area contributed by atoms with Crippen LogP contribution in [0.5, 0.6) is 0 Å². The first-order valence-corrected chi connectivity index (χ1v) is 8.32. The molecule has 4 aromatic rings. The number of nitrogens with zero attached hydrogens (tertiary/aromatic N) is 2. The summed E-state index contributed by atoms with van der Waals surface area (Å²) in [5, 5.41) is 2.64. The predicted molar refractivity (Wildman–Crippen MR) is 99.7 cm³/mol. The van der Waals surface area contributed by atoms with Gasteiger partial charge >= 0.3 is 0 Å². The van der Waals surface area contributed by atoms with Gasteiger partial charge in [-0.2, -0.15) is 0 Å². The summed E-state index contributed by atoms with van der Waals surface area (Å²) in [5.74, 6) is -2.28. The van der Waals surface area contributed by atoms with E-state index in [9.17, 15) is 13.6 Å². The van der Waals surface area contributed by atoms with Crippen molar-refractivity contribution in [3.8, 4) is 11.3 Å². The molecule has 4 nitrogen and oxygen atoms in total. The molecular weight excluding hydrogens is 348 g/mol. The summed E-state index contributed by atoms with van der Waals surface area (Å²) in [4.78, 5) is 16.9. The number of anilines is 1. The molecule has 0 spiro atoms. The van der Waals surface area contributed by atoms with Crippen molar-refractivity contribution in [2.75, 3.05) is 5.32 Å². The average molecular weight is 363 g/mol. The molecule has 0 radical (unpaired) electrons. The fourth-order valence-corrected chi connectivity index (χ4v) is 2.87. The number of amides is 1. The summed E-state index contributed by atoms with van der Waals surface area (Å²) in [5.41, 5.74) is 3.78. The van der Waals surface area contributed by atoms with Crippen molar-refractivity contribution < 1.29 is 13.6 Å². The van der Waals surface area contributed by atoms with Crippen molar-refractivity contribution in [2.24, 2.45) is 0 Å². The Balaban J connectivity index is 1.62. The molecule has 134 valence electrons. The number of nitrogens with one attached hydrogen (secondary N) is 1. The van der Waals surface area contributed by atoms with E-state index in [0.29, 0.717) is 11.8 Å². The summed E-state index contributed by atoms with van der Waals surface area (Å²) >= 11 is 0. The van der Waals surface area contributed by atoms with Gasteiger partial charge in [-0.15, -0.1) is 0 Å². The van der Waals surface area contributed by atoms with E-state index in [1.807, 2.05) is 41.9 Å². The van der Waals surface area contributed by atoms with Crippen LogP contribution in [-0.4, -0.2) is 15.3 Å². The molecule has 0 atom stereocenters. The lowest BCUT2D eigenvalue weighted by molar-refractivity contribution is 0.102. The van der Waals surface area contributed by atoms with Gasteiger partial charge in [0.1, 0.15) is 17.3 Å². The lowest BCUT2D eigenvalue weighted by Gasteiger charge is -2.07. The van der Waals surface area contributed by atoms with Gasteiger partial charge in [0.15, 0.2) is 0 Å². The number of aromatic nitrogens is 2. The molecule has 0 fully saturated rings. The summed E-state index contributed by atoms with van der Waals surface area (Å²) in [7, 11) is 0. The fraction of sp³-hybridized carbons (Fsp3) is 0.0476. The van der Waals surface area contributed by atoms with E-state index >= 15 is 0 Å². The minimum atomic E-state index is -0.903. The van der Waals surface area contributed by atoms with Crippen LogP contribution in [0, 0.1) is 18.6 Å². The van der Waals surface area contributed by atoms with Gasteiger partial charge in [-0.1, -0.05) is 18.2 Å². The SMILES string of the molecule is Cc1ccc2nc(-c3cccc(NC(=O)c4ccc(F)cc4F)c3)cn2c1. The number of carbonyl (C=O) groups is 1. The number of halogens is 2. The number of imidazole rings is 1. The van der Waals surface area contributed by atoms with Crippen molar-refractivity contribution in [3.05, 3.63) is 89.8 Å². The maximum Gasteiger partial charge on any atom is 0.258 e. The van der Waals surface area contributed by atoms with Crippen LogP contribution in [0.15, 0.2) is 67.0 Å². The first kappa shape index (κ1) is 16.9. The molecule has 0 aliphatic heterocycles. The van der Waals surface area contributed by atoms with Gasteiger partial charge in [-0.25, -0.2) is 13.8 Å². The number of benzene rings is 2. The summed E-state index contributed by atoms with van der Waals surface area (Å²) < 4.78 is 28.7. The summed E-state index contributed by atoms with van der Waals surface area (Å²) in [6, 6.07) is 13.9. The quantitative estimate of drug-likeness (QED) is 0.566. The first-order chi connectivity index (χ1) is 13.0. The predicted octanol–water partition coefficient (Wildman–Crippen LogP) is 4.84. The maximum absolute atomic E-state index is 13.8. The van der Waals surface area contributed by atoms with E-state index in [-0.39, 0.29) is 5.56 Å². The molecule has 2 aromatic carbocycles. The van der Waals surface area contributed by atoms with E-state index in [1.165, 1.54) is 0 Å². The van der Waals surface area contributed by atoms with Crippen LogP contribution in [0.1, 0.15) is 15.9 Å². The molecule has 6 heteroatoms. The third-order valence-electron chi connectivity index (χ3n) is 4.19. The molecule has 4 rings (SSSR count). The molecule has 0 aliphatic rings. The topological polar surface area (TPSA) is 46.4 Å². The van der Waals surface area contributed by atoms with Crippen molar-refractivity contribution >= 4 is 17.2 Å². The van der Waals surface area contributed by atoms with Crippen LogP contribution in [0.2, 0.25) is 0 Å². The van der Waals surface area contributed by atoms with Crippen LogP contribution in [0.4, 0.5) is 14.5 Å². The molecule has 0 saturated carbocycles. The Hall–Kier alpha value is -3.54. The van der Waals surface area contributed by atoms with Crippen molar-refractivity contribution in [2.45, 2.75) is 6.92 Å². The smallest absolute Gasteiger partial charge is 0.258 e. The molecule has 0 saturated heterocycles. The van der Waals surface area contributed by atoms with E-state index in [1.54, 1.807) is 18.2 Å². The highest BCUT2D eigenvalue weighted by atomic mass is 19.1. The number of carbonyl (C=O) groups excluding carboxylic acids is 1. The maximum atomic E-state index is 13.8. The third kappa shape index (κ3) is 3.42. The lowest BCUT2D eigenvalue weighted by Crippen LogP contribution is -2.13. The molecular formula is C21H15F2N3O. The molecule has 27 heavy (non-hydrogen) atoms. The van der Waals surface area contributed by atoms with Gasteiger partial charge in [0.2, 0.25) is 0 Å². The minimum absolute atomic E-state index is 0.218. The van der Waals surface area contributed by atoms with Gasteiger partial charge in [0.05, 0.1) is 11.3 Å². The number of fused-ring (bicyclic) bond motifs is 1. The van der Waals surface area contributed by atoms with Gasteiger partial charge in [0.25, 0.3) is 5.91 Å². The third-order valence-corrected chi connectivity index (χ3v) is 4.19. The monoisotopic (exact) mass is 363 g/mol. The van der Waals surface area contributed by atoms with Crippen LogP contribution in [0.3, 0.4) is 0 Å². The molecule has 1 amide bonds. The Morgan fingerprint density at radius 1 is 1.04 bits per heavy atom. The van der Waals surface area contributed by atoms with Gasteiger partial charge < -0.3 is 9.72 Å². The second-order valence-corrected chi connectivity index (χ2v) is 6.26. The average Bonchev–Trinajstić information content (AvgIpc) is 3.05. The zero-order chi connectivity index (χ0) is 19.0. The largest absolute Gasteiger partial charge is 0.322 e. The van der Waals surface area contributed by atoms with E-state index in [0.717, 1.165) is 34.6 Å². The number of rotatable bonds is 3. The van der Waals surface area contributed by atoms with E-state index < -0.39 is 17.5 Å². The highest BCUT2D eigenvalue weighted by molar-refractivity contribution is 6.04. The second kappa shape index (κ2) is 6.64. The van der Waals surface area contributed by atoms with Crippen LogP contribution >= 0.6 is 0 Å². The molecule has 0 aliphatic carbocycles. The Kier molecular flexibility index (Phi) is 4.16. The Morgan fingerprint density at radius 2 is 1.89 bits per heavy atom. The molecule has 0 unspecified atom stereocenters. The van der Waals surface area contributed by atoms with Crippen molar-refractivity contribution in [3.63, 3.8) is 0 Å².